The average molecular weight is 448 g/mol. The maximum Gasteiger partial charge on any atom is 0.325 e. The highest BCUT2D eigenvalue weighted by Crippen LogP contribution is 2.24. The van der Waals surface area contributed by atoms with Gasteiger partial charge in [-0.05, 0) is 36.8 Å². The Labute approximate surface area is 178 Å². The number of benzene rings is 2. The summed E-state index contributed by atoms with van der Waals surface area (Å²) >= 11 is 0. The van der Waals surface area contributed by atoms with Gasteiger partial charge in [0.15, 0.2) is 16.4 Å². The molecule has 0 unspecified atom stereocenters. The van der Waals surface area contributed by atoms with E-state index in [2.05, 4.69) is 5.32 Å². The number of anilines is 1. The Morgan fingerprint density at radius 1 is 1.10 bits per heavy atom. The molecule has 1 fully saturated rings. The van der Waals surface area contributed by atoms with Gasteiger partial charge in [-0.25, -0.2) is 12.8 Å². The van der Waals surface area contributed by atoms with Gasteiger partial charge >= 0.3 is 5.97 Å². The lowest BCUT2D eigenvalue weighted by Crippen LogP contribution is -2.44. The van der Waals surface area contributed by atoms with Gasteiger partial charge in [0.05, 0.1) is 17.5 Å². The number of nitrogens with one attached hydrogen (secondary N) is 1. The van der Waals surface area contributed by atoms with Crippen LogP contribution in [0.3, 0.4) is 0 Å². The molecule has 1 N–H and O–H groups in total. The Morgan fingerprint density at radius 3 is 2.48 bits per heavy atom. The summed E-state index contributed by atoms with van der Waals surface area (Å²) in [5.41, 5.74) is 0.548. The minimum Gasteiger partial charge on any atom is -0.454 e. The fourth-order valence-corrected chi connectivity index (χ4v) is 4.97. The Balaban J connectivity index is 1.58. The first-order chi connectivity index (χ1) is 14.7. The van der Waals surface area contributed by atoms with Crippen molar-refractivity contribution < 1.29 is 31.9 Å². The molecule has 1 aliphatic heterocycles. The Bertz CT molecular complexity index is 1070. The van der Waals surface area contributed by atoms with E-state index in [9.17, 15) is 27.2 Å². The number of nitrogens with zero attached hydrogens (tertiary/aromatic N) is 1. The number of carbonyl (C=O) groups excluding carboxylic acids is 3. The topological polar surface area (TPSA) is 110 Å². The number of hydrogen-bond donors (Lipinski definition) is 1. The summed E-state index contributed by atoms with van der Waals surface area (Å²) in [6.07, 6.45) is 0.292. The predicted molar refractivity (Wildman–Crippen MR) is 111 cm³/mol. The smallest absolute Gasteiger partial charge is 0.325 e. The molecule has 8 nitrogen and oxygen atoms in total. The van der Waals surface area contributed by atoms with Crippen molar-refractivity contribution in [2.24, 2.45) is 0 Å². The maximum absolute atomic E-state index is 13.2. The highest BCUT2D eigenvalue weighted by atomic mass is 32.2. The van der Waals surface area contributed by atoms with E-state index >= 15 is 0 Å². The third kappa shape index (κ3) is 6.11. The maximum atomic E-state index is 13.2. The molecule has 1 atom stereocenters. The number of carbonyl (C=O) groups is 3. The molecule has 10 heteroatoms. The molecule has 0 spiro atoms. The monoisotopic (exact) mass is 448 g/mol. The number of hydrogen-bond acceptors (Lipinski definition) is 6. The fraction of sp³-hybridized carbons (Fsp3) is 0.286. The number of amides is 2. The van der Waals surface area contributed by atoms with Crippen LogP contribution in [0.15, 0.2) is 54.6 Å². The summed E-state index contributed by atoms with van der Waals surface area (Å²) in [6.45, 7) is -1.12. The van der Waals surface area contributed by atoms with E-state index in [0.717, 1.165) is 6.07 Å². The SMILES string of the molecule is O=C(CNC(=O)c1cccc(F)c1)OCC(=O)N(c1ccccc1)[C@H]1CCS(=O)(=O)C1. The van der Waals surface area contributed by atoms with E-state index in [4.69, 9.17) is 4.74 Å². The third-order valence-electron chi connectivity index (χ3n) is 4.71. The van der Waals surface area contributed by atoms with Gasteiger partial charge in [0.25, 0.3) is 11.8 Å². The van der Waals surface area contributed by atoms with Crippen LogP contribution in [0.1, 0.15) is 16.8 Å². The molecule has 2 amide bonds. The Hall–Kier alpha value is -3.27. The normalized spacial score (nSPS) is 17.0. The van der Waals surface area contributed by atoms with Crippen molar-refractivity contribution in [3.8, 4) is 0 Å². The predicted octanol–water partition coefficient (Wildman–Crippen LogP) is 1.32. The molecule has 2 aromatic rings. The van der Waals surface area contributed by atoms with Gasteiger partial charge in [0.1, 0.15) is 12.4 Å². The zero-order chi connectivity index (χ0) is 22.4. The van der Waals surface area contributed by atoms with Crippen LogP contribution in [0.5, 0.6) is 0 Å². The van der Waals surface area contributed by atoms with Gasteiger partial charge in [0, 0.05) is 11.3 Å². The summed E-state index contributed by atoms with van der Waals surface area (Å²) in [6, 6.07) is 12.9. The second-order valence-corrected chi connectivity index (χ2v) is 9.24. The van der Waals surface area contributed by atoms with Crippen LogP contribution in [-0.2, 0) is 24.2 Å². The molecule has 2 aromatic carbocycles. The first-order valence-corrected chi connectivity index (χ1v) is 11.3. The lowest BCUT2D eigenvalue weighted by Gasteiger charge is -2.28. The van der Waals surface area contributed by atoms with Gasteiger partial charge in [-0.2, -0.15) is 0 Å². The summed E-state index contributed by atoms with van der Waals surface area (Å²) in [5.74, 6) is -2.85. The summed E-state index contributed by atoms with van der Waals surface area (Å²) in [4.78, 5) is 38.0. The van der Waals surface area contributed by atoms with Crippen molar-refractivity contribution in [1.29, 1.82) is 0 Å². The summed E-state index contributed by atoms with van der Waals surface area (Å²) in [5, 5.41) is 2.29. The van der Waals surface area contributed by atoms with E-state index in [1.807, 2.05) is 0 Å². The second kappa shape index (κ2) is 9.69. The third-order valence-corrected chi connectivity index (χ3v) is 6.46. The molecule has 0 aliphatic carbocycles. The minimum atomic E-state index is -3.24. The highest BCUT2D eigenvalue weighted by molar-refractivity contribution is 7.91. The molecule has 3 rings (SSSR count). The number of halogens is 1. The van der Waals surface area contributed by atoms with E-state index in [1.54, 1.807) is 30.3 Å². The van der Waals surface area contributed by atoms with Gasteiger partial charge < -0.3 is 15.0 Å². The summed E-state index contributed by atoms with van der Waals surface area (Å²) in [7, 11) is -3.24. The van der Waals surface area contributed by atoms with Crippen LogP contribution in [-0.4, -0.2) is 56.9 Å². The Morgan fingerprint density at radius 2 is 1.84 bits per heavy atom. The van der Waals surface area contributed by atoms with Crippen molar-refractivity contribution in [1.82, 2.24) is 5.32 Å². The molecule has 1 heterocycles. The fourth-order valence-electron chi connectivity index (χ4n) is 3.27. The van der Waals surface area contributed by atoms with E-state index < -0.39 is 52.6 Å². The largest absolute Gasteiger partial charge is 0.454 e. The molecule has 0 aromatic heterocycles. The number of esters is 1. The van der Waals surface area contributed by atoms with E-state index in [1.165, 1.54) is 23.1 Å². The van der Waals surface area contributed by atoms with E-state index in [0.29, 0.717) is 12.1 Å². The molecule has 1 saturated heterocycles. The standard InChI is InChI=1S/C21H21FN2O6S/c22-16-6-4-5-15(11-16)21(27)23-12-20(26)30-13-19(25)24(17-7-2-1-3-8-17)18-9-10-31(28,29)14-18/h1-8,11,18H,9-10,12-14H2,(H,23,27)/t18-/m0/s1. The van der Waals surface area contributed by atoms with Crippen molar-refractivity contribution >= 4 is 33.3 Å². The number of sulfone groups is 1. The van der Waals surface area contributed by atoms with Crippen LogP contribution in [0.4, 0.5) is 10.1 Å². The van der Waals surface area contributed by atoms with Crippen molar-refractivity contribution in [3.05, 3.63) is 66.0 Å². The first-order valence-electron chi connectivity index (χ1n) is 9.52. The molecule has 1 aliphatic rings. The van der Waals surface area contributed by atoms with Crippen LogP contribution in [0.2, 0.25) is 0 Å². The lowest BCUT2D eigenvalue weighted by molar-refractivity contribution is -0.146. The van der Waals surface area contributed by atoms with Crippen LogP contribution in [0.25, 0.3) is 0 Å². The molecule has 0 saturated carbocycles. The van der Waals surface area contributed by atoms with Crippen LogP contribution >= 0.6 is 0 Å². The lowest BCUT2D eigenvalue weighted by atomic mass is 10.2. The molecule has 31 heavy (non-hydrogen) atoms. The number of para-hydroxylation sites is 1. The van der Waals surface area contributed by atoms with Crippen molar-refractivity contribution in [3.63, 3.8) is 0 Å². The quantitative estimate of drug-likeness (QED) is 0.640. The molecule has 0 bridgehead atoms. The molecular weight excluding hydrogens is 427 g/mol. The van der Waals surface area contributed by atoms with Gasteiger partial charge in [-0.15, -0.1) is 0 Å². The zero-order valence-electron chi connectivity index (χ0n) is 16.5. The molecule has 164 valence electrons. The second-order valence-electron chi connectivity index (χ2n) is 7.01. The average Bonchev–Trinajstić information content (AvgIpc) is 3.10. The molecule has 0 radical (unpaired) electrons. The zero-order valence-corrected chi connectivity index (χ0v) is 17.3. The van der Waals surface area contributed by atoms with E-state index in [-0.39, 0.29) is 17.1 Å². The first kappa shape index (κ1) is 22.4. The number of ether oxygens (including phenoxy) is 1. The minimum absolute atomic E-state index is 0.0137. The highest BCUT2D eigenvalue weighted by Gasteiger charge is 2.35. The Kier molecular flexibility index (Phi) is 7.01. The van der Waals surface area contributed by atoms with Gasteiger partial charge in [0.2, 0.25) is 0 Å². The molecular formula is C21H21FN2O6S. The summed E-state index contributed by atoms with van der Waals surface area (Å²) < 4.78 is 41.9. The van der Waals surface area contributed by atoms with Crippen LogP contribution < -0.4 is 10.2 Å². The van der Waals surface area contributed by atoms with Gasteiger partial charge in [-0.1, -0.05) is 24.3 Å². The van der Waals surface area contributed by atoms with Crippen molar-refractivity contribution in [2.45, 2.75) is 12.5 Å². The number of rotatable bonds is 7. The van der Waals surface area contributed by atoms with Gasteiger partial charge in [-0.3, -0.25) is 14.4 Å². The van der Waals surface area contributed by atoms with Crippen molar-refractivity contribution in [2.75, 3.05) is 29.6 Å². The van der Waals surface area contributed by atoms with Crippen LogP contribution in [0, 0.1) is 5.82 Å².